The van der Waals surface area contributed by atoms with Crippen LogP contribution in [0.2, 0.25) is 0 Å². The van der Waals surface area contributed by atoms with E-state index in [1.807, 2.05) is 6.08 Å². The molecule has 2 aliphatic heterocycles. The Bertz CT molecular complexity index is 1570. The fourth-order valence-electron chi connectivity index (χ4n) is 10.4. The minimum absolute atomic E-state index is 0.252. The van der Waals surface area contributed by atoms with Gasteiger partial charge >= 0.3 is 0 Å². The highest BCUT2D eigenvalue weighted by Crippen LogP contribution is 2.30. The van der Waals surface area contributed by atoms with Crippen LogP contribution in [-0.4, -0.2) is 140 Å². The molecule has 0 aromatic carbocycles. The summed E-state index contributed by atoms with van der Waals surface area (Å²) < 4.78 is 22.6. The highest BCUT2D eigenvalue weighted by molar-refractivity contribution is 5.76. The number of rotatable bonds is 52. The van der Waals surface area contributed by atoms with Gasteiger partial charge in [-0.2, -0.15) is 0 Å². The summed E-state index contributed by atoms with van der Waals surface area (Å²) in [5.74, 6) is -0.252. The van der Waals surface area contributed by atoms with Gasteiger partial charge in [0.2, 0.25) is 5.91 Å². The zero-order valence-corrected chi connectivity index (χ0v) is 50.3. The molecule has 14 heteroatoms. The third-order valence-corrected chi connectivity index (χ3v) is 15.7. The Morgan fingerprint density at radius 3 is 1.35 bits per heavy atom. The summed E-state index contributed by atoms with van der Waals surface area (Å²) in [6.07, 6.45) is 50.8. The zero-order valence-electron chi connectivity index (χ0n) is 50.3. The summed E-state index contributed by atoms with van der Waals surface area (Å²) in [5, 5.41) is 86.6. The molecule has 0 spiro atoms. The van der Waals surface area contributed by atoms with E-state index in [0.717, 1.165) is 51.4 Å². The number of carbonyl (C=O) groups excluding carboxylic acids is 1. The molecular formula is C66H119NO13. The van der Waals surface area contributed by atoms with Crippen LogP contribution in [0.5, 0.6) is 0 Å². The van der Waals surface area contributed by atoms with Crippen LogP contribution < -0.4 is 5.32 Å². The van der Waals surface area contributed by atoms with Crippen molar-refractivity contribution in [2.45, 2.75) is 331 Å². The van der Waals surface area contributed by atoms with E-state index in [2.05, 4.69) is 67.8 Å². The van der Waals surface area contributed by atoms with Crippen molar-refractivity contribution in [2.24, 2.45) is 0 Å². The van der Waals surface area contributed by atoms with Crippen LogP contribution in [0.4, 0.5) is 0 Å². The van der Waals surface area contributed by atoms with Crippen LogP contribution in [0.25, 0.3) is 0 Å². The van der Waals surface area contributed by atoms with Gasteiger partial charge in [0.15, 0.2) is 12.6 Å². The van der Waals surface area contributed by atoms with Crippen molar-refractivity contribution in [1.82, 2.24) is 5.32 Å². The van der Waals surface area contributed by atoms with E-state index < -0.39 is 86.8 Å². The lowest BCUT2D eigenvalue weighted by atomic mass is 9.97. The Kier molecular flexibility index (Phi) is 47.2. The number of hydrogen-bond acceptors (Lipinski definition) is 13. The number of hydrogen-bond donors (Lipinski definition) is 9. The lowest BCUT2D eigenvalue weighted by Crippen LogP contribution is -2.65. The molecule has 2 aliphatic rings. The Labute approximate surface area is 486 Å². The number of allylic oxidation sites excluding steroid dienone is 9. The maximum absolute atomic E-state index is 13.2. The van der Waals surface area contributed by atoms with Gasteiger partial charge in [0.1, 0.15) is 48.8 Å². The van der Waals surface area contributed by atoms with E-state index in [9.17, 15) is 45.6 Å². The van der Waals surface area contributed by atoms with Gasteiger partial charge in [-0.1, -0.05) is 248 Å². The van der Waals surface area contributed by atoms with Crippen molar-refractivity contribution in [2.75, 3.05) is 19.8 Å². The fourth-order valence-corrected chi connectivity index (χ4v) is 10.4. The molecule has 14 nitrogen and oxygen atoms in total. The molecule has 0 bridgehead atoms. The summed E-state index contributed by atoms with van der Waals surface area (Å²) >= 11 is 0. The average molecular weight is 1130 g/mol. The number of aliphatic hydroxyl groups is 8. The van der Waals surface area contributed by atoms with Crippen LogP contribution in [0.15, 0.2) is 60.8 Å². The van der Waals surface area contributed by atoms with Crippen molar-refractivity contribution in [3.05, 3.63) is 60.8 Å². The van der Waals surface area contributed by atoms with Crippen LogP contribution >= 0.6 is 0 Å². The maximum Gasteiger partial charge on any atom is 0.220 e. The predicted molar refractivity (Wildman–Crippen MR) is 323 cm³/mol. The molecule has 1 amide bonds. The normalized spacial score (nSPS) is 24.6. The van der Waals surface area contributed by atoms with E-state index in [4.69, 9.17) is 18.9 Å². The minimum atomic E-state index is -1.79. The van der Waals surface area contributed by atoms with Gasteiger partial charge in [0.25, 0.3) is 0 Å². The number of ether oxygens (including phenoxy) is 4. The van der Waals surface area contributed by atoms with Crippen molar-refractivity contribution in [3.63, 3.8) is 0 Å². The fraction of sp³-hybridized carbons (Fsp3) is 0.833. The Hall–Kier alpha value is -2.31. The van der Waals surface area contributed by atoms with Crippen LogP contribution in [0.3, 0.4) is 0 Å². The number of carbonyl (C=O) groups is 1. The quantitative estimate of drug-likeness (QED) is 0.0204. The first-order valence-corrected chi connectivity index (χ1v) is 32.5. The molecule has 2 rings (SSSR count). The molecule has 466 valence electrons. The standard InChI is InChI=1S/C66H119NO13/c1-3-5-7-9-11-12-13-14-15-16-17-18-19-20-21-22-23-24-25-26-27-28-29-30-31-32-33-34-35-36-37-38-39-40-41-42-44-46-48-50-58(71)67-54(55(70)49-47-45-43-10-8-6-4-2)53-77-65-63(76)61(74)64(57(52-69)79-65)80-66-62(75)60(73)59(72)56(51-68)78-66/h8,10,13-14,16-17,19-20,47,49,54-57,59-66,68-70,72-76H,3-7,9,11-12,15,18,21-46,48,50-53H2,1-2H3,(H,67,71)/b10-8+,14-13-,17-16-,20-19-,49-47+. The highest BCUT2D eigenvalue weighted by atomic mass is 16.7. The first kappa shape index (κ1) is 73.8. The maximum atomic E-state index is 13.2. The first-order valence-electron chi connectivity index (χ1n) is 32.5. The summed E-state index contributed by atoms with van der Waals surface area (Å²) in [7, 11) is 0. The van der Waals surface area contributed by atoms with E-state index in [1.165, 1.54) is 173 Å². The van der Waals surface area contributed by atoms with E-state index in [-0.39, 0.29) is 18.9 Å². The summed E-state index contributed by atoms with van der Waals surface area (Å²) in [6, 6.07) is -0.928. The molecule has 2 saturated heterocycles. The smallest absolute Gasteiger partial charge is 0.220 e. The van der Waals surface area contributed by atoms with Gasteiger partial charge in [-0.25, -0.2) is 0 Å². The summed E-state index contributed by atoms with van der Waals surface area (Å²) in [4.78, 5) is 13.2. The van der Waals surface area contributed by atoms with Gasteiger partial charge in [0, 0.05) is 6.42 Å². The van der Waals surface area contributed by atoms with Crippen LogP contribution in [0.1, 0.15) is 258 Å². The Morgan fingerprint density at radius 2 is 0.863 bits per heavy atom. The van der Waals surface area contributed by atoms with Crippen molar-refractivity contribution in [1.29, 1.82) is 0 Å². The molecule has 12 atom stereocenters. The lowest BCUT2D eigenvalue weighted by molar-refractivity contribution is -0.359. The monoisotopic (exact) mass is 1130 g/mol. The number of aliphatic hydroxyl groups excluding tert-OH is 8. The van der Waals surface area contributed by atoms with E-state index in [0.29, 0.717) is 12.8 Å². The molecule has 9 N–H and O–H groups in total. The number of unbranched alkanes of at least 4 members (excludes halogenated alkanes) is 31. The molecule has 2 fully saturated rings. The van der Waals surface area contributed by atoms with Gasteiger partial charge in [-0.05, 0) is 64.2 Å². The molecule has 2 heterocycles. The second-order valence-corrected chi connectivity index (χ2v) is 22.9. The van der Waals surface area contributed by atoms with Crippen molar-refractivity contribution >= 4 is 5.91 Å². The first-order chi connectivity index (χ1) is 39.1. The van der Waals surface area contributed by atoms with E-state index in [1.54, 1.807) is 6.08 Å². The molecule has 12 unspecified atom stereocenters. The second kappa shape index (κ2) is 51.1. The van der Waals surface area contributed by atoms with Gasteiger partial charge < -0.3 is 65.1 Å². The molecule has 0 aliphatic carbocycles. The molecule has 0 radical (unpaired) electrons. The molecule has 0 saturated carbocycles. The van der Waals surface area contributed by atoms with Crippen molar-refractivity contribution in [3.8, 4) is 0 Å². The average Bonchev–Trinajstić information content (AvgIpc) is 3.53. The Morgan fingerprint density at radius 1 is 0.450 bits per heavy atom. The Balaban J connectivity index is 1.50. The van der Waals surface area contributed by atoms with E-state index >= 15 is 0 Å². The van der Waals surface area contributed by atoms with Gasteiger partial charge in [0.05, 0.1) is 32.0 Å². The lowest BCUT2D eigenvalue weighted by Gasteiger charge is -2.46. The number of nitrogens with one attached hydrogen (secondary N) is 1. The molecule has 0 aromatic heterocycles. The van der Waals surface area contributed by atoms with Gasteiger partial charge in [-0.3, -0.25) is 4.79 Å². The summed E-state index contributed by atoms with van der Waals surface area (Å²) in [6.45, 7) is 2.65. The number of amides is 1. The topological polar surface area (TPSA) is 228 Å². The van der Waals surface area contributed by atoms with Crippen molar-refractivity contribution < 1.29 is 64.6 Å². The van der Waals surface area contributed by atoms with Crippen LogP contribution in [-0.2, 0) is 23.7 Å². The third kappa shape index (κ3) is 35.7. The van der Waals surface area contributed by atoms with Gasteiger partial charge in [-0.15, -0.1) is 0 Å². The third-order valence-electron chi connectivity index (χ3n) is 15.7. The molecule has 0 aromatic rings. The second-order valence-electron chi connectivity index (χ2n) is 22.9. The SMILES string of the molecule is CCC/C=C/CC/C=C/C(O)C(COC1OC(CO)C(OC2OC(CO)C(O)C(O)C2O)C(O)C1O)NC(=O)CCCCCCCCCCCCCCCCCCCCCCCCCC/C=C\C/C=C\C/C=C\CCCCCCC. The van der Waals surface area contributed by atoms with Crippen LogP contribution in [0, 0.1) is 0 Å². The minimum Gasteiger partial charge on any atom is -0.394 e. The molecule has 80 heavy (non-hydrogen) atoms. The zero-order chi connectivity index (χ0) is 58.1. The predicted octanol–water partition coefficient (Wildman–Crippen LogP) is 12.1. The highest BCUT2D eigenvalue weighted by Gasteiger charge is 2.51. The molecular weight excluding hydrogens is 1010 g/mol. The summed E-state index contributed by atoms with van der Waals surface area (Å²) in [5.41, 5.74) is 0. The largest absolute Gasteiger partial charge is 0.394 e.